The lowest BCUT2D eigenvalue weighted by Crippen LogP contribution is -2.21. The summed E-state index contributed by atoms with van der Waals surface area (Å²) in [6.45, 7) is 3.85. The van der Waals surface area contributed by atoms with Crippen molar-refractivity contribution in [3.05, 3.63) is 40.7 Å². The van der Waals surface area contributed by atoms with Crippen molar-refractivity contribution >= 4 is 10.9 Å². The van der Waals surface area contributed by atoms with Gasteiger partial charge in [-0.15, -0.1) is 0 Å². The normalized spacial score (nSPS) is 11.1. The molecule has 1 aromatic carbocycles. The number of rotatable bonds is 1. The van der Waals surface area contributed by atoms with Crippen molar-refractivity contribution in [1.29, 1.82) is 0 Å². The van der Waals surface area contributed by atoms with Crippen LogP contribution in [0.3, 0.4) is 0 Å². The molecule has 0 spiro atoms. The van der Waals surface area contributed by atoms with Crippen molar-refractivity contribution in [2.24, 2.45) is 0 Å². The van der Waals surface area contributed by atoms with Gasteiger partial charge in [0.15, 0.2) is 5.75 Å². The molecule has 2 aromatic rings. The Labute approximate surface area is 87.6 Å². The predicted molar refractivity (Wildman–Crippen MR) is 60.3 cm³/mol. The van der Waals surface area contributed by atoms with Crippen molar-refractivity contribution in [1.82, 2.24) is 4.57 Å². The molecule has 0 aliphatic rings. The number of fused-ring (bicyclic) bond motifs is 1. The average molecular weight is 203 g/mol. The Kier molecular flexibility index (Phi) is 2.23. The minimum absolute atomic E-state index is 0.0366. The maximum atomic E-state index is 11.7. The molecule has 3 nitrogen and oxygen atoms in total. The maximum absolute atomic E-state index is 11.7. The molecule has 78 valence electrons. The lowest BCUT2D eigenvalue weighted by molar-refractivity contribution is 0.454. The minimum Gasteiger partial charge on any atom is -0.503 e. The van der Waals surface area contributed by atoms with E-state index in [1.807, 2.05) is 38.1 Å². The van der Waals surface area contributed by atoms with E-state index in [2.05, 4.69) is 0 Å². The first-order valence-electron chi connectivity index (χ1n) is 4.94. The Balaban J connectivity index is 2.96. The molecule has 0 aliphatic carbocycles. The lowest BCUT2D eigenvalue weighted by Gasteiger charge is -2.13. The molecule has 1 heterocycles. The van der Waals surface area contributed by atoms with E-state index in [0.717, 1.165) is 10.9 Å². The van der Waals surface area contributed by atoms with Crippen molar-refractivity contribution in [2.45, 2.75) is 19.9 Å². The average Bonchev–Trinajstić information content (AvgIpc) is 2.19. The molecule has 0 fully saturated rings. The zero-order valence-corrected chi connectivity index (χ0v) is 8.77. The highest BCUT2D eigenvalue weighted by molar-refractivity contribution is 5.80. The maximum Gasteiger partial charge on any atom is 0.293 e. The largest absolute Gasteiger partial charge is 0.503 e. The molecule has 15 heavy (non-hydrogen) atoms. The third-order valence-corrected chi connectivity index (χ3v) is 2.44. The van der Waals surface area contributed by atoms with Gasteiger partial charge in [0.25, 0.3) is 5.56 Å². The first-order valence-corrected chi connectivity index (χ1v) is 4.94. The van der Waals surface area contributed by atoms with Crippen LogP contribution in [-0.2, 0) is 0 Å². The number of para-hydroxylation sites is 1. The first kappa shape index (κ1) is 9.77. The smallest absolute Gasteiger partial charge is 0.293 e. The molecular weight excluding hydrogens is 190 g/mol. The Morgan fingerprint density at radius 2 is 1.93 bits per heavy atom. The SMILES string of the molecule is CC(C)n1c(=O)c(O)cc2ccccc21. The van der Waals surface area contributed by atoms with E-state index in [0.29, 0.717) is 0 Å². The van der Waals surface area contributed by atoms with Gasteiger partial charge in [-0.3, -0.25) is 4.79 Å². The van der Waals surface area contributed by atoms with Crippen molar-refractivity contribution in [2.75, 3.05) is 0 Å². The highest BCUT2D eigenvalue weighted by atomic mass is 16.3. The van der Waals surface area contributed by atoms with E-state index in [1.54, 1.807) is 4.57 Å². The van der Waals surface area contributed by atoms with E-state index in [4.69, 9.17) is 0 Å². The minimum atomic E-state index is -0.330. The molecule has 1 N–H and O–H groups in total. The summed E-state index contributed by atoms with van der Waals surface area (Å²) in [5.74, 6) is -0.192. The van der Waals surface area contributed by atoms with Crippen molar-refractivity contribution in [3.8, 4) is 5.75 Å². The molecular formula is C12H13NO2. The summed E-state index contributed by atoms with van der Waals surface area (Å²) >= 11 is 0. The highest BCUT2D eigenvalue weighted by Gasteiger charge is 2.09. The Hall–Kier alpha value is -1.77. The van der Waals surface area contributed by atoms with Gasteiger partial charge in [-0.2, -0.15) is 0 Å². The lowest BCUT2D eigenvalue weighted by atomic mass is 10.2. The summed E-state index contributed by atoms with van der Waals surface area (Å²) in [4.78, 5) is 11.7. The number of aromatic nitrogens is 1. The molecule has 0 saturated heterocycles. The van der Waals surface area contributed by atoms with Gasteiger partial charge in [-0.1, -0.05) is 18.2 Å². The van der Waals surface area contributed by atoms with Gasteiger partial charge in [-0.25, -0.2) is 0 Å². The molecule has 0 radical (unpaired) electrons. The zero-order chi connectivity index (χ0) is 11.0. The van der Waals surface area contributed by atoms with Gasteiger partial charge in [0.1, 0.15) is 0 Å². The van der Waals surface area contributed by atoms with Gasteiger partial charge < -0.3 is 9.67 Å². The molecule has 0 bridgehead atoms. The van der Waals surface area contributed by atoms with Gasteiger partial charge in [0.2, 0.25) is 0 Å². The first-order chi connectivity index (χ1) is 7.11. The molecule has 0 unspecified atom stereocenters. The number of hydrogen-bond donors (Lipinski definition) is 1. The van der Waals surface area contributed by atoms with Gasteiger partial charge >= 0.3 is 0 Å². The fourth-order valence-electron chi connectivity index (χ4n) is 1.78. The van der Waals surface area contributed by atoms with Crippen LogP contribution in [0.2, 0.25) is 0 Å². The fourth-order valence-corrected chi connectivity index (χ4v) is 1.78. The van der Waals surface area contributed by atoms with E-state index in [9.17, 15) is 9.90 Å². The fraction of sp³-hybridized carbons (Fsp3) is 0.250. The summed E-state index contributed by atoms with van der Waals surface area (Å²) in [7, 11) is 0. The van der Waals surface area contributed by atoms with Crippen LogP contribution in [0.15, 0.2) is 35.1 Å². The molecule has 2 rings (SSSR count). The van der Waals surface area contributed by atoms with Crippen LogP contribution in [0.25, 0.3) is 10.9 Å². The van der Waals surface area contributed by atoms with Crippen LogP contribution in [-0.4, -0.2) is 9.67 Å². The molecule has 0 saturated carbocycles. The number of benzene rings is 1. The number of pyridine rings is 1. The summed E-state index contributed by atoms with van der Waals surface area (Å²) in [5, 5.41) is 10.4. The quantitative estimate of drug-likeness (QED) is 0.772. The predicted octanol–water partition coefficient (Wildman–Crippen LogP) is 2.29. The van der Waals surface area contributed by atoms with Crippen LogP contribution >= 0.6 is 0 Å². The van der Waals surface area contributed by atoms with Crippen LogP contribution in [0, 0.1) is 0 Å². The van der Waals surface area contributed by atoms with E-state index >= 15 is 0 Å². The van der Waals surface area contributed by atoms with E-state index in [-0.39, 0.29) is 17.4 Å². The summed E-state index contributed by atoms with van der Waals surface area (Å²) < 4.78 is 1.60. The molecule has 3 heteroatoms. The molecule has 0 atom stereocenters. The Morgan fingerprint density at radius 3 is 2.60 bits per heavy atom. The number of nitrogens with zero attached hydrogens (tertiary/aromatic N) is 1. The second-order valence-electron chi connectivity index (χ2n) is 3.86. The zero-order valence-electron chi connectivity index (χ0n) is 8.77. The third-order valence-electron chi connectivity index (χ3n) is 2.44. The monoisotopic (exact) mass is 203 g/mol. The highest BCUT2D eigenvalue weighted by Crippen LogP contribution is 2.18. The van der Waals surface area contributed by atoms with Crippen LogP contribution < -0.4 is 5.56 Å². The van der Waals surface area contributed by atoms with Crippen molar-refractivity contribution in [3.63, 3.8) is 0 Å². The third kappa shape index (κ3) is 1.50. The Bertz CT molecular complexity index is 555. The summed E-state index contributed by atoms with van der Waals surface area (Å²) in [6, 6.07) is 9.09. The standard InChI is InChI=1S/C12H13NO2/c1-8(2)13-10-6-4-3-5-9(10)7-11(14)12(13)15/h3-8,14H,1-2H3. The van der Waals surface area contributed by atoms with Crippen LogP contribution in [0.5, 0.6) is 5.75 Å². The summed E-state index contributed by atoms with van der Waals surface area (Å²) in [5.41, 5.74) is 0.527. The van der Waals surface area contributed by atoms with Gasteiger partial charge in [0.05, 0.1) is 5.52 Å². The van der Waals surface area contributed by atoms with E-state index < -0.39 is 0 Å². The second kappa shape index (κ2) is 3.42. The van der Waals surface area contributed by atoms with Crippen LogP contribution in [0.1, 0.15) is 19.9 Å². The second-order valence-corrected chi connectivity index (χ2v) is 3.86. The summed E-state index contributed by atoms with van der Waals surface area (Å²) in [6.07, 6.45) is 0. The number of hydrogen-bond acceptors (Lipinski definition) is 2. The molecule has 1 aromatic heterocycles. The van der Waals surface area contributed by atoms with Crippen molar-refractivity contribution < 1.29 is 5.11 Å². The van der Waals surface area contributed by atoms with Gasteiger partial charge in [-0.05, 0) is 26.0 Å². The molecule has 0 amide bonds. The topological polar surface area (TPSA) is 42.2 Å². The Morgan fingerprint density at radius 1 is 1.27 bits per heavy atom. The van der Waals surface area contributed by atoms with Crippen LogP contribution in [0.4, 0.5) is 0 Å². The van der Waals surface area contributed by atoms with E-state index in [1.165, 1.54) is 6.07 Å². The van der Waals surface area contributed by atoms with Gasteiger partial charge in [0, 0.05) is 11.4 Å². The molecule has 0 aliphatic heterocycles. The number of aromatic hydroxyl groups is 1.